The third-order valence-electron chi connectivity index (χ3n) is 33.4. The molecule has 3 amide bonds. The number of nitrogens with zero attached hydrogens (tertiary/aromatic N) is 2. The fourth-order valence-electron chi connectivity index (χ4n) is 25.0. The number of aliphatic carboxylic acids is 1. The Bertz CT molecular complexity index is 4510. The van der Waals surface area contributed by atoms with Crippen LogP contribution < -0.4 is 5.43 Å². The molecular formula is C93H143N3O48. The van der Waals surface area contributed by atoms with Gasteiger partial charge in [0.15, 0.2) is 68.6 Å². The lowest BCUT2D eigenvalue weighted by Gasteiger charge is -2.71. The molecule has 818 valence electrons. The number of rotatable bonds is 30. The Kier molecular flexibility index (Phi) is 35.0. The molecule has 15 rings (SSSR count). The lowest BCUT2D eigenvalue weighted by Crippen LogP contribution is -2.69. The number of esters is 2. The van der Waals surface area contributed by atoms with Crippen molar-refractivity contribution >= 4 is 41.8 Å². The van der Waals surface area contributed by atoms with Crippen molar-refractivity contribution in [1.29, 1.82) is 0 Å². The molecular weight excluding hydrogens is 1930 g/mol. The van der Waals surface area contributed by atoms with Crippen LogP contribution in [-0.4, -0.2) is 474 Å². The third kappa shape index (κ3) is 21.4. The van der Waals surface area contributed by atoms with Crippen LogP contribution in [0.2, 0.25) is 0 Å². The van der Waals surface area contributed by atoms with E-state index >= 15 is 4.79 Å². The van der Waals surface area contributed by atoms with Crippen LogP contribution in [0.15, 0.2) is 28.9 Å². The van der Waals surface area contributed by atoms with Crippen LogP contribution in [0.4, 0.5) is 0 Å². The van der Waals surface area contributed by atoms with Gasteiger partial charge in [-0.05, 0) is 131 Å². The number of hydrogen-bond donors (Lipinski definition) is 24. The molecule has 0 spiro atoms. The van der Waals surface area contributed by atoms with Crippen molar-refractivity contribution in [3.05, 3.63) is 23.8 Å². The molecule has 52 atom stereocenters. The Labute approximate surface area is 826 Å². The van der Waals surface area contributed by atoms with Crippen molar-refractivity contribution in [3.63, 3.8) is 0 Å². The van der Waals surface area contributed by atoms with Gasteiger partial charge < -0.3 is 207 Å². The summed E-state index contributed by atoms with van der Waals surface area (Å²) >= 11 is 0. The lowest BCUT2D eigenvalue weighted by atomic mass is 9.33. The molecule has 0 aromatic rings. The van der Waals surface area contributed by atoms with E-state index in [1.165, 1.54) is 27.0 Å². The normalized spacial score (nSPS) is 50.3. The third-order valence-corrected chi connectivity index (χ3v) is 33.4. The van der Waals surface area contributed by atoms with Crippen LogP contribution in [0.25, 0.3) is 0 Å². The van der Waals surface area contributed by atoms with E-state index in [4.69, 9.17) is 90.0 Å². The highest BCUT2D eigenvalue weighted by Crippen LogP contribution is 2.76. The number of carboxylic acids is 1. The predicted molar refractivity (Wildman–Crippen MR) is 470 cm³/mol. The second-order valence-corrected chi connectivity index (χ2v) is 43.0. The first kappa shape index (κ1) is 113. The van der Waals surface area contributed by atoms with Gasteiger partial charge in [-0.3, -0.25) is 28.9 Å². The minimum Gasteiger partial charge on any atom is -0.479 e. The van der Waals surface area contributed by atoms with Crippen molar-refractivity contribution in [2.24, 2.45) is 55.3 Å². The van der Waals surface area contributed by atoms with Gasteiger partial charge in [-0.15, -0.1) is 0 Å². The van der Waals surface area contributed by atoms with E-state index in [-0.39, 0.29) is 57.4 Å². The average molecular weight is 2070 g/mol. The maximum Gasteiger partial charge on any atom is 0.335 e. The average Bonchev–Trinajstić information content (AvgIpc) is 0.691. The maximum absolute atomic E-state index is 16.6. The molecule has 24 N–H and O–H groups in total. The maximum atomic E-state index is 16.6. The van der Waals surface area contributed by atoms with Crippen LogP contribution in [0.3, 0.4) is 0 Å². The highest BCUT2D eigenvalue weighted by Gasteiger charge is 2.74. The van der Waals surface area contributed by atoms with Crippen molar-refractivity contribution in [2.75, 3.05) is 39.6 Å². The monoisotopic (exact) mass is 2070 g/mol. The van der Waals surface area contributed by atoms with Crippen molar-refractivity contribution in [1.82, 2.24) is 10.3 Å². The summed E-state index contributed by atoms with van der Waals surface area (Å²) in [7, 11) is 0. The molecule has 0 aromatic carbocycles. The summed E-state index contributed by atoms with van der Waals surface area (Å²) in [5.41, 5.74) is -3.14. The van der Waals surface area contributed by atoms with Gasteiger partial charge in [0, 0.05) is 43.7 Å². The molecule has 0 bridgehead atoms. The Hall–Kier alpha value is -5.39. The van der Waals surface area contributed by atoms with E-state index in [9.17, 15) is 141 Å². The summed E-state index contributed by atoms with van der Waals surface area (Å²) in [5, 5.41) is 264. The van der Waals surface area contributed by atoms with Crippen LogP contribution in [0.5, 0.6) is 0 Å². The number of fused-ring (bicyclic) bond motifs is 7. The van der Waals surface area contributed by atoms with Crippen LogP contribution in [0.1, 0.15) is 153 Å². The molecule has 10 heterocycles. The zero-order valence-corrected chi connectivity index (χ0v) is 81.3. The smallest absolute Gasteiger partial charge is 0.335 e. The number of ether oxygens (including phenoxy) is 19. The minimum atomic E-state index is -2.31. The number of hydrazone groups is 1. The first-order chi connectivity index (χ1) is 67.8. The summed E-state index contributed by atoms with van der Waals surface area (Å²) < 4.78 is 116. The molecule has 51 nitrogen and oxygen atoms in total. The number of carbonyl (C=O) groups is 6. The van der Waals surface area contributed by atoms with Crippen molar-refractivity contribution in [2.45, 2.75) is 423 Å². The number of aliphatic hydroxyl groups excluding tert-OH is 22. The van der Waals surface area contributed by atoms with E-state index in [1.54, 1.807) is 6.92 Å². The first-order valence-corrected chi connectivity index (χ1v) is 49.3. The zero-order chi connectivity index (χ0) is 105. The molecule has 0 radical (unpaired) electrons. The summed E-state index contributed by atoms with van der Waals surface area (Å²) in [5.74, 6) is -7.02. The van der Waals surface area contributed by atoms with Crippen molar-refractivity contribution in [3.8, 4) is 0 Å². The first-order valence-electron chi connectivity index (χ1n) is 49.3. The summed E-state index contributed by atoms with van der Waals surface area (Å²) in [4.78, 5) is 82.4. The Morgan fingerprint density at radius 1 is 0.458 bits per heavy atom. The summed E-state index contributed by atoms with van der Waals surface area (Å²) in [6, 6.07) is 0. The van der Waals surface area contributed by atoms with Gasteiger partial charge in [0.1, 0.15) is 170 Å². The SMILES string of the molecule is CC(=O)OC1C(C)OC(OC2C(C)OC(OC(=O)[C@]34CCC(C)(C)CC3C3=CCC5[C@@]6(C)CC[C@H](OC7OC(C(=O)O)C(O)C(OC8OCC(O)C(O)C8O)C7OC7OC(CO)C(O)C(O)C7O)[C@@](C)(/C=N/NC(=O)CCCCCN7C(=O)C=CC7=O)C6CC[C@@]5(C)[C@]3(C)C[C@H]4O)C(OC3OC(C)C(OC4OCC(O)C(OC5OC(CO)C(O)C(O)C5O)C4O)C(O)C3O)C2O)C(O)C1OC1OCC(O)C(O)C1O. The number of carbonyl (C=O) groups excluding carboxylic acids is 5. The number of carboxylic acid groups (broad SMARTS) is 1. The lowest BCUT2D eigenvalue weighted by molar-refractivity contribution is -0.392. The predicted octanol–water partition coefficient (Wildman–Crippen LogP) is -8.71. The number of unbranched alkanes of at least 4 members (excludes halogenated alkanes) is 2. The van der Waals surface area contributed by atoms with E-state index < -0.39 is 383 Å². The second kappa shape index (κ2) is 44.7. The van der Waals surface area contributed by atoms with Gasteiger partial charge in [0.2, 0.25) is 12.2 Å². The molecule has 15 aliphatic rings. The fourth-order valence-corrected chi connectivity index (χ4v) is 25.0. The molecule has 51 heteroatoms. The molecule has 10 aliphatic heterocycles. The van der Waals surface area contributed by atoms with E-state index in [1.807, 2.05) is 20.8 Å². The summed E-state index contributed by atoms with van der Waals surface area (Å²) in [6.07, 6.45) is -74.0. The second-order valence-electron chi connectivity index (χ2n) is 43.0. The number of aliphatic hydroxyl groups is 22. The van der Waals surface area contributed by atoms with Crippen LogP contribution >= 0.6 is 0 Å². The van der Waals surface area contributed by atoms with E-state index in [0.29, 0.717) is 38.5 Å². The number of imide groups is 1. The molecule has 0 aromatic heterocycles. The largest absolute Gasteiger partial charge is 0.479 e. The minimum absolute atomic E-state index is 0.0205. The number of amides is 3. The highest BCUT2D eigenvalue weighted by atomic mass is 16.8. The van der Waals surface area contributed by atoms with E-state index in [2.05, 4.69) is 30.5 Å². The van der Waals surface area contributed by atoms with Gasteiger partial charge in [-0.1, -0.05) is 59.6 Å². The van der Waals surface area contributed by atoms with Crippen molar-refractivity contribution < 1.29 is 236 Å². The number of hydrogen-bond acceptors (Lipinski definition) is 48. The van der Waals surface area contributed by atoms with Gasteiger partial charge >= 0.3 is 17.9 Å². The molecule has 45 unspecified atom stereocenters. The number of allylic oxidation sites excluding steroid dienone is 2. The van der Waals surface area contributed by atoms with Crippen LogP contribution in [-0.2, 0) is 119 Å². The highest BCUT2D eigenvalue weighted by molar-refractivity contribution is 6.12. The zero-order valence-electron chi connectivity index (χ0n) is 81.3. The molecule has 144 heavy (non-hydrogen) atoms. The quantitative estimate of drug-likeness (QED) is 0.00604. The van der Waals surface area contributed by atoms with E-state index in [0.717, 1.165) is 29.5 Å². The Morgan fingerprint density at radius 3 is 1.52 bits per heavy atom. The molecule has 13 fully saturated rings. The Morgan fingerprint density at radius 2 is 0.944 bits per heavy atom. The number of nitrogens with one attached hydrogen (secondary N) is 1. The van der Waals surface area contributed by atoms with Crippen LogP contribution in [0, 0.1) is 50.2 Å². The van der Waals surface area contributed by atoms with Gasteiger partial charge in [-0.2, -0.15) is 5.10 Å². The topological polar surface area (TPSA) is 771 Å². The Balaban J connectivity index is 0.732. The van der Waals surface area contributed by atoms with Gasteiger partial charge in [0.25, 0.3) is 11.8 Å². The fraction of sp³-hybridized carbons (Fsp3) is 0.882. The van der Waals surface area contributed by atoms with Gasteiger partial charge in [-0.25, -0.2) is 10.2 Å². The van der Waals surface area contributed by atoms with Gasteiger partial charge in [0.05, 0.1) is 63.6 Å². The molecule has 5 aliphatic carbocycles. The molecule has 4 saturated carbocycles. The summed E-state index contributed by atoms with van der Waals surface area (Å²) in [6.45, 7) is 13.7. The standard InChI is InChI=1S/C93H143N3O48/c1-34-68(136-80-66(121)71(42(102)32-128-80)138-82-61(116)56(111)54(109)43(28-97)133-82)58(113)63(118)81(129-34)142-75-64(119)69(137-84-67(122)73(70(36(3)130-84)132-37(4)99)140-79-60(115)53(108)41(101)31-127-79)35(2)131-85(75)144-87(125)93-24-23-88(5,6)26-39(93)38-15-16-46-89(7)21-20-48(90(8,45(89)19-22-91(46,9)92(38,10)27-47(93)103)33-94-95-49(104)14-12-11-13-25-96-50(105)17-18-51(96)106)135-86-76(143-83-62(117)57(112)55(110)44(29-98)134-83)72(65(120)74(141-86)77(123)124)139-78-59(114)52(107)40(100)30-126-78/h15,17-18,33-36,39-48,52-76,78-86,97-98,100-103,107-122H,11-14,16,19-32H2,1-10H3,(H,95,104)(H,123,124)/b94-33+/t34?,35?,36?,39?,40?,41?,42?,43?,44?,45?,46?,47-,48+,52?,53?,54?,55?,56?,57?,58?,59?,60?,61?,62?,63?,64?,65?,66?,67?,68?,69?,70?,71?,72?,73?,74?,75?,76?,78?,79?,80?,81?,82?,83?,84?,85?,86?,89+,90+,91-,92-,93-/m1/s1. The molecule has 9 saturated heterocycles.